The van der Waals surface area contributed by atoms with Gasteiger partial charge in [0.2, 0.25) is 0 Å². The number of ether oxygens (including phenoxy) is 1. The van der Waals surface area contributed by atoms with Crippen molar-refractivity contribution >= 4 is 11.0 Å². The van der Waals surface area contributed by atoms with Crippen molar-refractivity contribution in [1.82, 2.24) is 0 Å². The minimum atomic E-state index is -1.18. The number of aryl methyl sites for hydroxylation is 1. The molecule has 2 aromatic carbocycles. The molecule has 1 heterocycles. The fourth-order valence-corrected chi connectivity index (χ4v) is 2.51. The van der Waals surface area contributed by atoms with Gasteiger partial charge in [0.15, 0.2) is 0 Å². The molecule has 0 aliphatic carbocycles. The highest BCUT2D eigenvalue weighted by molar-refractivity contribution is 5.81. The average molecular weight is 282 g/mol. The molecule has 0 saturated heterocycles. The number of fused-ring (bicyclic) bond motifs is 1. The van der Waals surface area contributed by atoms with E-state index in [0.29, 0.717) is 5.76 Å². The zero-order valence-corrected chi connectivity index (χ0v) is 12.4. The maximum absolute atomic E-state index is 10.9. The molecule has 21 heavy (non-hydrogen) atoms. The van der Waals surface area contributed by atoms with Gasteiger partial charge in [-0.25, -0.2) is 0 Å². The molecule has 3 nitrogen and oxygen atoms in total. The molecule has 0 aliphatic heterocycles. The first-order chi connectivity index (χ1) is 10.0. The van der Waals surface area contributed by atoms with Gasteiger partial charge in [0.05, 0.1) is 7.11 Å². The molecular formula is C18H18O3. The van der Waals surface area contributed by atoms with Crippen molar-refractivity contribution in [2.24, 2.45) is 0 Å². The third-order valence-corrected chi connectivity index (χ3v) is 3.87. The Kier molecular flexibility index (Phi) is 3.22. The fraction of sp³-hybridized carbons (Fsp3) is 0.222. The molecule has 0 fully saturated rings. The van der Waals surface area contributed by atoms with Crippen molar-refractivity contribution in [2.45, 2.75) is 19.4 Å². The normalized spacial score (nSPS) is 14.1. The standard InChI is InChI=1S/C18H18O3/c1-12-5-4-6-13-11-16(21-17(12)13)18(2,19)14-7-9-15(20-3)10-8-14/h4-11,19H,1-3H3. The van der Waals surface area contributed by atoms with Crippen LogP contribution in [0, 0.1) is 6.92 Å². The van der Waals surface area contributed by atoms with Crippen molar-refractivity contribution in [3.05, 3.63) is 65.4 Å². The number of hydrogen-bond acceptors (Lipinski definition) is 3. The van der Waals surface area contributed by atoms with E-state index < -0.39 is 5.60 Å². The summed E-state index contributed by atoms with van der Waals surface area (Å²) in [5, 5.41) is 11.9. The Morgan fingerprint density at radius 2 is 1.81 bits per heavy atom. The highest BCUT2D eigenvalue weighted by atomic mass is 16.5. The van der Waals surface area contributed by atoms with Crippen LogP contribution >= 0.6 is 0 Å². The van der Waals surface area contributed by atoms with Gasteiger partial charge in [0.25, 0.3) is 0 Å². The summed E-state index contributed by atoms with van der Waals surface area (Å²) in [7, 11) is 1.62. The Bertz CT molecular complexity index is 767. The molecule has 3 rings (SSSR count). The first-order valence-electron chi connectivity index (χ1n) is 6.89. The van der Waals surface area contributed by atoms with E-state index >= 15 is 0 Å². The van der Waals surface area contributed by atoms with E-state index in [2.05, 4.69) is 0 Å². The molecule has 0 bridgehead atoms. The van der Waals surface area contributed by atoms with E-state index in [4.69, 9.17) is 9.15 Å². The van der Waals surface area contributed by atoms with Crippen molar-refractivity contribution in [1.29, 1.82) is 0 Å². The van der Waals surface area contributed by atoms with Crippen LogP contribution in [0.2, 0.25) is 0 Å². The SMILES string of the molecule is COc1ccc(C(C)(O)c2cc3cccc(C)c3o2)cc1. The highest BCUT2D eigenvalue weighted by Crippen LogP contribution is 2.34. The van der Waals surface area contributed by atoms with Crippen molar-refractivity contribution in [3.8, 4) is 5.75 Å². The summed E-state index contributed by atoms with van der Waals surface area (Å²) in [5.74, 6) is 1.30. The second-order valence-electron chi connectivity index (χ2n) is 5.40. The van der Waals surface area contributed by atoms with E-state index in [1.807, 2.05) is 55.5 Å². The van der Waals surface area contributed by atoms with E-state index in [9.17, 15) is 5.11 Å². The van der Waals surface area contributed by atoms with Crippen LogP contribution in [0.1, 0.15) is 23.8 Å². The van der Waals surface area contributed by atoms with Crippen LogP contribution in [0.4, 0.5) is 0 Å². The highest BCUT2D eigenvalue weighted by Gasteiger charge is 2.30. The predicted molar refractivity (Wildman–Crippen MR) is 82.6 cm³/mol. The number of methoxy groups -OCH3 is 1. The zero-order chi connectivity index (χ0) is 15.0. The minimum Gasteiger partial charge on any atom is -0.497 e. The zero-order valence-electron chi connectivity index (χ0n) is 12.4. The van der Waals surface area contributed by atoms with E-state index in [-0.39, 0.29) is 0 Å². The molecule has 0 radical (unpaired) electrons. The van der Waals surface area contributed by atoms with Gasteiger partial charge in [-0.2, -0.15) is 0 Å². The minimum absolute atomic E-state index is 0.539. The van der Waals surface area contributed by atoms with Gasteiger partial charge < -0.3 is 14.3 Å². The van der Waals surface area contributed by atoms with E-state index in [1.54, 1.807) is 14.0 Å². The third-order valence-electron chi connectivity index (χ3n) is 3.87. The molecule has 1 aromatic heterocycles. The summed E-state index contributed by atoms with van der Waals surface area (Å²) >= 11 is 0. The van der Waals surface area contributed by atoms with Gasteiger partial charge in [0.1, 0.15) is 22.7 Å². The summed E-state index contributed by atoms with van der Waals surface area (Å²) in [6, 6.07) is 15.2. The molecule has 0 amide bonds. The van der Waals surface area contributed by atoms with Gasteiger partial charge in [-0.15, -0.1) is 0 Å². The monoisotopic (exact) mass is 282 g/mol. The third kappa shape index (κ3) is 2.30. The van der Waals surface area contributed by atoms with Gasteiger partial charge in [0, 0.05) is 5.39 Å². The molecule has 1 unspecified atom stereocenters. The Morgan fingerprint density at radius 3 is 2.43 bits per heavy atom. The van der Waals surface area contributed by atoms with Gasteiger partial charge >= 0.3 is 0 Å². The Balaban J connectivity index is 2.07. The molecule has 0 saturated carbocycles. The average Bonchev–Trinajstić information content (AvgIpc) is 2.94. The molecule has 0 spiro atoms. The molecule has 1 N–H and O–H groups in total. The Hall–Kier alpha value is -2.26. The predicted octanol–water partition coefficient (Wildman–Crippen LogP) is 4.01. The molecule has 0 aliphatic rings. The topological polar surface area (TPSA) is 42.6 Å². The van der Waals surface area contributed by atoms with Crippen LogP contribution in [0.3, 0.4) is 0 Å². The lowest BCUT2D eigenvalue weighted by atomic mass is 9.93. The van der Waals surface area contributed by atoms with Crippen LogP contribution in [-0.2, 0) is 5.60 Å². The lowest BCUT2D eigenvalue weighted by molar-refractivity contribution is 0.0785. The fourth-order valence-electron chi connectivity index (χ4n) is 2.51. The molecule has 108 valence electrons. The van der Waals surface area contributed by atoms with E-state index in [1.165, 1.54) is 0 Å². The number of hydrogen-bond donors (Lipinski definition) is 1. The second kappa shape index (κ2) is 4.93. The van der Waals surface area contributed by atoms with Gasteiger partial charge in [-0.05, 0) is 43.2 Å². The summed E-state index contributed by atoms with van der Waals surface area (Å²) < 4.78 is 11.0. The van der Waals surface area contributed by atoms with Crippen LogP contribution in [-0.4, -0.2) is 12.2 Å². The molecule has 1 atom stereocenters. The summed E-state index contributed by atoms with van der Waals surface area (Å²) in [5.41, 5.74) is 1.46. The lowest BCUT2D eigenvalue weighted by Crippen LogP contribution is -2.21. The molecule has 3 heteroatoms. The lowest BCUT2D eigenvalue weighted by Gasteiger charge is -2.21. The summed E-state index contributed by atoms with van der Waals surface area (Å²) in [6.07, 6.45) is 0. The maximum atomic E-state index is 10.9. The van der Waals surface area contributed by atoms with Crippen molar-refractivity contribution < 1.29 is 14.3 Å². The van der Waals surface area contributed by atoms with E-state index in [0.717, 1.165) is 27.8 Å². The van der Waals surface area contributed by atoms with Crippen LogP contribution in [0.15, 0.2) is 52.9 Å². The van der Waals surface area contributed by atoms with Crippen LogP contribution < -0.4 is 4.74 Å². The Labute approximate surface area is 123 Å². The van der Waals surface area contributed by atoms with Gasteiger partial charge in [-0.1, -0.05) is 30.3 Å². The molecule has 3 aromatic rings. The van der Waals surface area contributed by atoms with Crippen molar-refractivity contribution in [3.63, 3.8) is 0 Å². The number of furan rings is 1. The number of aliphatic hydroxyl groups is 1. The number of para-hydroxylation sites is 1. The van der Waals surface area contributed by atoms with Crippen LogP contribution in [0.25, 0.3) is 11.0 Å². The van der Waals surface area contributed by atoms with Crippen LogP contribution in [0.5, 0.6) is 5.75 Å². The van der Waals surface area contributed by atoms with Gasteiger partial charge in [-0.3, -0.25) is 0 Å². The van der Waals surface area contributed by atoms with Crippen molar-refractivity contribution in [2.75, 3.05) is 7.11 Å². The number of rotatable bonds is 3. The first kappa shape index (κ1) is 13.7. The Morgan fingerprint density at radius 1 is 1.10 bits per heavy atom. The maximum Gasteiger partial charge on any atom is 0.144 e. The molecular weight excluding hydrogens is 264 g/mol. The summed E-state index contributed by atoms with van der Waals surface area (Å²) in [6.45, 7) is 3.74. The largest absolute Gasteiger partial charge is 0.497 e. The second-order valence-corrected chi connectivity index (χ2v) is 5.40. The summed E-state index contributed by atoms with van der Waals surface area (Å²) in [4.78, 5) is 0. The number of benzene rings is 2. The first-order valence-corrected chi connectivity index (χ1v) is 6.89. The smallest absolute Gasteiger partial charge is 0.144 e. The quantitative estimate of drug-likeness (QED) is 0.789.